The Balaban J connectivity index is -0.000000760. The first-order chi connectivity index (χ1) is 15.4. The van der Waals surface area contributed by atoms with Gasteiger partial charge in [-0.25, -0.2) is 4.79 Å². The summed E-state index contributed by atoms with van der Waals surface area (Å²) >= 11 is 12.4. The summed E-state index contributed by atoms with van der Waals surface area (Å²) in [5.41, 5.74) is 5.08. The number of carbonyl (C=O) groups is 5. The summed E-state index contributed by atoms with van der Waals surface area (Å²) in [5, 5.41) is 2.37. The van der Waals surface area contributed by atoms with Crippen molar-refractivity contribution in [3.8, 4) is 0 Å². The van der Waals surface area contributed by atoms with Gasteiger partial charge in [0, 0.05) is 24.5 Å². The molecule has 0 aromatic rings. The number of rotatable bonds is 16. The van der Waals surface area contributed by atoms with Gasteiger partial charge in [0.2, 0.25) is 0 Å². The van der Waals surface area contributed by atoms with Gasteiger partial charge in [0.25, 0.3) is 0 Å². The van der Waals surface area contributed by atoms with Crippen LogP contribution in [0.15, 0.2) is 0 Å². The Kier molecular flexibility index (Phi) is 32.1. The zero-order chi connectivity index (χ0) is 24.6. The number of hydrogen-bond acceptors (Lipinski definition) is 12. The largest absolute Gasteiger partial charge is 1.00 e. The van der Waals surface area contributed by atoms with Gasteiger partial charge in [0.1, 0.15) is 26.1 Å². The minimum Gasteiger partial charge on any atom is -0.792 e. The number of carbonyl (C=O) groups excluding carboxylic acids is 5. The number of thiol groups is 2. The van der Waals surface area contributed by atoms with Crippen molar-refractivity contribution in [3.63, 3.8) is 0 Å². The zero-order valence-corrected chi connectivity index (χ0v) is 24.6. The SMILES string of the molecule is NCCOC(=O)CCS.O=CCNC(=O)N(CCOC(=O)CC[S-])CCOC(=O)CCS.[K+]. The number of urea groups is 1. The Morgan fingerprint density at radius 2 is 1.33 bits per heavy atom. The summed E-state index contributed by atoms with van der Waals surface area (Å²) < 4.78 is 14.5. The van der Waals surface area contributed by atoms with Crippen LogP contribution in [-0.4, -0.2) is 98.4 Å². The van der Waals surface area contributed by atoms with Crippen molar-refractivity contribution in [1.29, 1.82) is 0 Å². The van der Waals surface area contributed by atoms with Crippen LogP contribution in [0.1, 0.15) is 19.3 Å². The molecule has 0 aliphatic rings. The first kappa shape index (κ1) is 37.5. The molecule has 0 rings (SSSR count). The molecule has 186 valence electrons. The fourth-order valence-electron chi connectivity index (χ4n) is 1.75. The molecule has 0 fully saturated rings. The van der Waals surface area contributed by atoms with Crippen LogP contribution >= 0.6 is 25.3 Å². The fourth-order valence-corrected chi connectivity index (χ4v) is 2.28. The second kappa shape index (κ2) is 28.2. The van der Waals surface area contributed by atoms with Crippen LogP contribution in [0.5, 0.6) is 0 Å². The molecule has 0 aliphatic heterocycles. The van der Waals surface area contributed by atoms with E-state index in [0.717, 1.165) is 0 Å². The molecular formula is C18H32KN3O8S3. The topological polar surface area (TPSA) is 154 Å². The molecule has 0 saturated carbocycles. The smallest absolute Gasteiger partial charge is 0.792 e. The summed E-state index contributed by atoms with van der Waals surface area (Å²) in [6.07, 6.45) is 1.22. The van der Waals surface area contributed by atoms with Crippen LogP contribution in [0.3, 0.4) is 0 Å². The molecular weight excluding hydrogens is 522 g/mol. The molecule has 0 aliphatic carbocycles. The molecule has 0 heterocycles. The van der Waals surface area contributed by atoms with Gasteiger partial charge in [-0.15, -0.1) is 0 Å². The molecule has 2 amide bonds. The Morgan fingerprint density at radius 1 is 0.879 bits per heavy atom. The molecule has 3 N–H and O–H groups in total. The van der Waals surface area contributed by atoms with Crippen molar-refractivity contribution >= 4 is 68.1 Å². The maximum Gasteiger partial charge on any atom is 1.00 e. The van der Waals surface area contributed by atoms with Crippen molar-refractivity contribution in [2.45, 2.75) is 19.3 Å². The van der Waals surface area contributed by atoms with Gasteiger partial charge in [0.15, 0.2) is 0 Å². The van der Waals surface area contributed by atoms with Crippen molar-refractivity contribution in [1.82, 2.24) is 10.2 Å². The average molecular weight is 554 g/mol. The number of nitrogens with two attached hydrogens (primary N) is 1. The molecule has 0 atom stereocenters. The van der Waals surface area contributed by atoms with Crippen molar-refractivity contribution in [2.24, 2.45) is 5.73 Å². The van der Waals surface area contributed by atoms with Crippen LogP contribution in [0, 0.1) is 0 Å². The van der Waals surface area contributed by atoms with Gasteiger partial charge in [0.05, 0.1) is 32.5 Å². The average Bonchev–Trinajstić information content (AvgIpc) is 2.76. The maximum absolute atomic E-state index is 11.9. The third kappa shape index (κ3) is 26.4. The van der Waals surface area contributed by atoms with Crippen LogP contribution in [0.25, 0.3) is 0 Å². The predicted octanol–water partition coefficient (Wildman–Crippen LogP) is -3.65. The molecule has 0 aromatic heterocycles. The van der Waals surface area contributed by atoms with Crippen LogP contribution in [0.2, 0.25) is 0 Å². The number of hydrogen-bond donors (Lipinski definition) is 4. The molecule has 0 bridgehead atoms. The maximum atomic E-state index is 11.9. The number of aldehydes is 1. The van der Waals surface area contributed by atoms with Crippen LogP contribution in [0.4, 0.5) is 4.79 Å². The normalized spacial score (nSPS) is 9.33. The van der Waals surface area contributed by atoms with E-state index in [4.69, 9.17) is 15.2 Å². The van der Waals surface area contributed by atoms with Gasteiger partial charge in [-0.2, -0.15) is 31.0 Å². The van der Waals surface area contributed by atoms with E-state index in [1.54, 1.807) is 0 Å². The van der Waals surface area contributed by atoms with E-state index in [1.807, 2.05) is 0 Å². The van der Waals surface area contributed by atoms with Crippen molar-refractivity contribution in [2.75, 3.05) is 63.3 Å². The second-order valence-electron chi connectivity index (χ2n) is 5.69. The van der Waals surface area contributed by atoms with E-state index < -0.39 is 18.0 Å². The second-order valence-corrected chi connectivity index (χ2v) is 6.99. The van der Waals surface area contributed by atoms with Crippen LogP contribution < -0.4 is 62.4 Å². The minimum absolute atomic E-state index is 0. The van der Waals surface area contributed by atoms with Gasteiger partial charge in [-0.05, 0) is 0 Å². The van der Waals surface area contributed by atoms with Gasteiger partial charge < -0.3 is 47.6 Å². The van der Waals surface area contributed by atoms with Gasteiger partial charge in [-0.1, -0.05) is 0 Å². The Hall–Kier alpha value is -0.00364. The molecule has 11 nitrogen and oxygen atoms in total. The summed E-state index contributed by atoms with van der Waals surface area (Å²) in [6, 6.07) is -0.512. The van der Waals surface area contributed by atoms with E-state index in [2.05, 4.69) is 47.9 Å². The molecule has 0 spiro atoms. The summed E-state index contributed by atoms with van der Waals surface area (Å²) in [4.78, 5) is 56.3. The molecule has 0 unspecified atom stereocenters. The number of amides is 2. The third-order valence-electron chi connectivity index (χ3n) is 3.19. The predicted molar refractivity (Wildman–Crippen MR) is 127 cm³/mol. The van der Waals surface area contributed by atoms with Gasteiger partial charge >= 0.3 is 75.3 Å². The molecule has 33 heavy (non-hydrogen) atoms. The van der Waals surface area contributed by atoms with E-state index in [0.29, 0.717) is 37.4 Å². The first-order valence-electron chi connectivity index (χ1n) is 9.79. The standard InChI is InChI=1S/C13H22N2O6S2.C5H11NO2S.K/c16-6-3-14-13(19)15(4-7-20-11(17)1-9-22)5-8-21-12(18)2-10-23;6-2-3-8-5(7)1-4-9;/h6,22-23H,1-5,7-10H2,(H,14,19);9H,1-4,6H2;/q;;+1/p-1. The Bertz CT molecular complexity index is 538. The molecule has 15 heteroatoms. The van der Waals surface area contributed by atoms with E-state index >= 15 is 0 Å². The van der Waals surface area contributed by atoms with E-state index in [-0.39, 0.29) is 109 Å². The van der Waals surface area contributed by atoms with Crippen molar-refractivity contribution in [3.05, 3.63) is 0 Å². The number of nitrogens with one attached hydrogen (secondary N) is 1. The molecule has 0 aromatic carbocycles. The van der Waals surface area contributed by atoms with Crippen LogP contribution in [-0.2, 0) is 46.0 Å². The Morgan fingerprint density at radius 3 is 1.73 bits per heavy atom. The third-order valence-corrected chi connectivity index (χ3v) is 3.84. The number of nitrogens with zero attached hydrogens (tertiary/aromatic N) is 1. The molecule has 0 saturated heterocycles. The first-order valence-corrected chi connectivity index (χ1v) is 11.6. The summed E-state index contributed by atoms with van der Waals surface area (Å²) in [5.74, 6) is 0.0997. The monoisotopic (exact) mass is 553 g/mol. The number of esters is 3. The zero-order valence-electron chi connectivity index (χ0n) is 18.9. The quantitative estimate of drug-likeness (QED) is 0.0376. The van der Waals surface area contributed by atoms with Crippen molar-refractivity contribution < 1.29 is 89.6 Å². The molecule has 0 radical (unpaired) electrons. The van der Waals surface area contributed by atoms with E-state index in [1.165, 1.54) is 4.90 Å². The Labute approximate surface area is 253 Å². The minimum atomic E-state index is -0.512. The summed E-state index contributed by atoms with van der Waals surface area (Å²) in [7, 11) is 0. The van der Waals surface area contributed by atoms with E-state index in [9.17, 15) is 24.0 Å². The van der Waals surface area contributed by atoms with Gasteiger partial charge in [-0.3, -0.25) is 14.4 Å². The summed E-state index contributed by atoms with van der Waals surface area (Å²) in [6.45, 7) is 0.781. The fraction of sp³-hybridized carbons (Fsp3) is 0.722. The number of ether oxygens (including phenoxy) is 3.